The maximum atomic E-state index is 13.3. The zero-order valence-corrected chi connectivity index (χ0v) is 15.8. The lowest BCUT2D eigenvalue weighted by molar-refractivity contribution is 0.0202. The molecular weight excluding hydrogens is 358 g/mol. The summed E-state index contributed by atoms with van der Waals surface area (Å²) in [4.78, 5) is 0.277. The van der Waals surface area contributed by atoms with Crippen molar-refractivity contribution >= 4 is 10.0 Å². The van der Waals surface area contributed by atoms with E-state index in [1.807, 2.05) is 67.6 Å². The van der Waals surface area contributed by atoms with Crippen molar-refractivity contribution in [2.75, 3.05) is 6.54 Å². The molecule has 138 valence electrons. The third kappa shape index (κ3) is 3.54. The summed E-state index contributed by atoms with van der Waals surface area (Å²) >= 11 is 0. The Hall–Kier alpha value is -2.47. The first-order valence-electron chi connectivity index (χ1n) is 8.89. The SMILES string of the molecule is Cc1ccc(C2CN(S(=O)(=O)c3ccccc3)C(c3ccccc3)O2)cc1. The minimum absolute atomic E-state index is 0.277. The summed E-state index contributed by atoms with van der Waals surface area (Å²) < 4.78 is 34.3. The second-order valence-electron chi connectivity index (χ2n) is 6.69. The van der Waals surface area contributed by atoms with Crippen molar-refractivity contribution < 1.29 is 13.2 Å². The Balaban J connectivity index is 1.74. The highest BCUT2D eigenvalue weighted by molar-refractivity contribution is 7.89. The van der Waals surface area contributed by atoms with E-state index in [1.54, 1.807) is 24.3 Å². The van der Waals surface area contributed by atoms with Gasteiger partial charge in [-0.25, -0.2) is 8.42 Å². The van der Waals surface area contributed by atoms with Gasteiger partial charge in [0, 0.05) is 6.54 Å². The van der Waals surface area contributed by atoms with Crippen LogP contribution >= 0.6 is 0 Å². The van der Waals surface area contributed by atoms with Gasteiger partial charge in [-0.1, -0.05) is 78.4 Å². The molecule has 4 nitrogen and oxygen atoms in total. The average Bonchev–Trinajstić information content (AvgIpc) is 3.16. The molecule has 3 aromatic rings. The van der Waals surface area contributed by atoms with Crippen molar-refractivity contribution in [2.45, 2.75) is 24.2 Å². The van der Waals surface area contributed by atoms with Crippen molar-refractivity contribution in [1.82, 2.24) is 4.31 Å². The van der Waals surface area contributed by atoms with Gasteiger partial charge in [0.2, 0.25) is 10.0 Å². The maximum absolute atomic E-state index is 13.3. The highest BCUT2D eigenvalue weighted by atomic mass is 32.2. The molecule has 4 rings (SSSR count). The normalized spacial score (nSPS) is 20.6. The van der Waals surface area contributed by atoms with Crippen molar-refractivity contribution in [3.63, 3.8) is 0 Å². The van der Waals surface area contributed by atoms with E-state index in [0.717, 1.165) is 16.7 Å². The Bertz CT molecular complexity index is 1000. The van der Waals surface area contributed by atoms with Gasteiger partial charge in [-0.05, 0) is 30.2 Å². The highest BCUT2D eigenvalue weighted by Crippen LogP contribution is 2.41. The molecule has 0 saturated carbocycles. The molecule has 0 aromatic heterocycles. The van der Waals surface area contributed by atoms with Gasteiger partial charge in [0.15, 0.2) is 6.23 Å². The van der Waals surface area contributed by atoms with E-state index in [4.69, 9.17) is 4.74 Å². The van der Waals surface area contributed by atoms with Crippen LogP contribution in [0, 0.1) is 6.92 Å². The lowest BCUT2D eigenvalue weighted by atomic mass is 10.1. The van der Waals surface area contributed by atoms with Gasteiger partial charge in [0.25, 0.3) is 0 Å². The Labute approximate surface area is 160 Å². The number of benzene rings is 3. The molecule has 3 aromatic carbocycles. The highest BCUT2D eigenvalue weighted by Gasteiger charge is 2.42. The van der Waals surface area contributed by atoms with E-state index < -0.39 is 16.3 Å². The van der Waals surface area contributed by atoms with E-state index in [2.05, 4.69) is 0 Å². The van der Waals surface area contributed by atoms with Crippen LogP contribution < -0.4 is 0 Å². The third-order valence-electron chi connectivity index (χ3n) is 4.78. The Morgan fingerprint density at radius 2 is 1.41 bits per heavy atom. The van der Waals surface area contributed by atoms with Crippen LogP contribution in [0.1, 0.15) is 29.0 Å². The number of nitrogens with zero attached hydrogens (tertiary/aromatic N) is 1. The van der Waals surface area contributed by atoms with Crippen molar-refractivity contribution in [3.8, 4) is 0 Å². The van der Waals surface area contributed by atoms with Crippen molar-refractivity contribution in [2.24, 2.45) is 0 Å². The smallest absolute Gasteiger partial charge is 0.245 e. The van der Waals surface area contributed by atoms with E-state index in [9.17, 15) is 8.42 Å². The molecule has 1 aliphatic rings. The van der Waals surface area contributed by atoms with Crippen LogP contribution in [0.3, 0.4) is 0 Å². The molecule has 1 heterocycles. The number of hydrogen-bond donors (Lipinski definition) is 0. The van der Waals surface area contributed by atoms with Crippen molar-refractivity contribution in [1.29, 1.82) is 0 Å². The number of rotatable bonds is 4. The van der Waals surface area contributed by atoms with Crippen LogP contribution in [0.4, 0.5) is 0 Å². The summed E-state index contributed by atoms with van der Waals surface area (Å²) in [6.45, 7) is 2.30. The molecule has 0 radical (unpaired) electrons. The summed E-state index contributed by atoms with van der Waals surface area (Å²) in [7, 11) is -3.68. The largest absolute Gasteiger partial charge is 0.349 e. The standard InChI is InChI=1S/C22H21NO3S/c1-17-12-14-18(15-13-17)21-16-23(22(26-21)19-8-4-2-5-9-19)27(24,25)20-10-6-3-7-11-20/h2-15,21-22H,16H2,1H3. The summed E-state index contributed by atoms with van der Waals surface area (Å²) in [5, 5.41) is 0. The van der Waals surface area contributed by atoms with E-state index in [1.165, 1.54) is 4.31 Å². The molecule has 0 bridgehead atoms. The molecule has 5 heteroatoms. The van der Waals surface area contributed by atoms with Gasteiger partial charge < -0.3 is 4.74 Å². The molecule has 2 unspecified atom stereocenters. The topological polar surface area (TPSA) is 46.6 Å². The number of aryl methyl sites for hydroxylation is 1. The Morgan fingerprint density at radius 3 is 2.04 bits per heavy atom. The van der Waals surface area contributed by atoms with E-state index in [0.29, 0.717) is 0 Å². The molecule has 27 heavy (non-hydrogen) atoms. The minimum Gasteiger partial charge on any atom is -0.349 e. The van der Waals surface area contributed by atoms with Crippen LogP contribution in [-0.2, 0) is 14.8 Å². The summed E-state index contributed by atoms with van der Waals surface area (Å²) in [5.41, 5.74) is 2.96. The predicted octanol–water partition coefficient (Wildman–Crippen LogP) is 4.46. The second-order valence-corrected chi connectivity index (χ2v) is 8.58. The van der Waals surface area contributed by atoms with Crippen LogP contribution in [-0.4, -0.2) is 19.3 Å². The second kappa shape index (κ2) is 7.27. The average molecular weight is 379 g/mol. The fourth-order valence-corrected chi connectivity index (χ4v) is 4.83. The fraction of sp³-hybridized carbons (Fsp3) is 0.182. The first-order chi connectivity index (χ1) is 13.1. The lowest BCUT2D eigenvalue weighted by Crippen LogP contribution is -2.31. The monoisotopic (exact) mass is 379 g/mol. The Kier molecular flexibility index (Phi) is 4.83. The molecule has 0 aliphatic carbocycles. The fourth-order valence-electron chi connectivity index (χ4n) is 3.31. The lowest BCUT2D eigenvalue weighted by Gasteiger charge is -2.22. The van der Waals surface area contributed by atoms with Crippen LogP contribution in [0.25, 0.3) is 0 Å². The molecule has 1 fully saturated rings. The third-order valence-corrected chi connectivity index (χ3v) is 6.61. The van der Waals surface area contributed by atoms with Gasteiger partial charge in [-0.3, -0.25) is 0 Å². The molecule has 0 amide bonds. The van der Waals surface area contributed by atoms with Gasteiger partial charge in [0.1, 0.15) is 0 Å². The quantitative estimate of drug-likeness (QED) is 0.673. The zero-order chi connectivity index (χ0) is 18.9. The van der Waals surface area contributed by atoms with E-state index in [-0.39, 0.29) is 17.5 Å². The van der Waals surface area contributed by atoms with Crippen molar-refractivity contribution in [3.05, 3.63) is 102 Å². The summed E-state index contributed by atoms with van der Waals surface area (Å²) in [5.74, 6) is 0. The van der Waals surface area contributed by atoms with Gasteiger partial charge in [-0.15, -0.1) is 0 Å². The first kappa shape index (κ1) is 17.9. The number of sulfonamides is 1. The number of ether oxygens (including phenoxy) is 1. The van der Waals surface area contributed by atoms with E-state index >= 15 is 0 Å². The Morgan fingerprint density at radius 1 is 0.815 bits per heavy atom. The molecule has 1 saturated heterocycles. The molecule has 2 atom stereocenters. The summed E-state index contributed by atoms with van der Waals surface area (Å²) in [6.07, 6.45) is -0.961. The minimum atomic E-state index is -3.68. The van der Waals surface area contributed by atoms with Crippen LogP contribution in [0.5, 0.6) is 0 Å². The zero-order valence-electron chi connectivity index (χ0n) is 15.0. The van der Waals surface area contributed by atoms with Gasteiger partial charge >= 0.3 is 0 Å². The maximum Gasteiger partial charge on any atom is 0.245 e. The molecule has 0 spiro atoms. The first-order valence-corrected chi connectivity index (χ1v) is 10.3. The van der Waals surface area contributed by atoms with Gasteiger partial charge in [0.05, 0.1) is 11.0 Å². The summed E-state index contributed by atoms with van der Waals surface area (Å²) in [6, 6.07) is 26.1. The predicted molar refractivity (Wildman–Crippen MR) is 105 cm³/mol. The van der Waals surface area contributed by atoms with Gasteiger partial charge in [-0.2, -0.15) is 4.31 Å². The molecule has 0 N–H and O–H groups in total. The van der Waals surface area contributed by atoms with Crippen LogP contribution in [0.15, 0.2) is 89.8 Å². The number of hydrogen-bond acceptors (Lipinski definition) is 3. The molecule has 1 aliphatic heterocycles. The van der Waals surface area contributed by atoms with Crippen LogP contribution in [0.2, 0.25) is 0 Å². The molecular formula is C22H21NO3S.